The van der Waals surface area contributed by atoms with E-state index >= 15 is 0 Å². The number of hydrogen-bond donors (Lipinski definition) is 0. The number of nitrogens with zero attached hydrogens (tertiary/aromatic N) is 4. The van der Waals surface area contributed by atoms with Gasteiger partial charge < -0.3 is 9.80 Å². The number of urea groups is 1. The van der Waals surface area contributed by atoms with Gasteiger partial charge in [0.2, 0.25) is 0 Å². The van der Waals surface area contributed by atoms with Crippen molar-refractivity contribution in [1.29, 1.82) is 0 Å². The van der Waals surface area contributed by atoms with Crippen molar-refractivity contribution < 1.29 is 4.79 Å². The van der Waals surface area contributed by atoms with E-state index in [0.29, 0.717) is 12.1 Å². The Labute approximate surface area is 223 Å². The van der Waals surface area contributed by atoms with Crippen LogP contribution in [0.2, 0.25) is 0 Å². The Hall–Kier alpha value is -2.18. The lowest BCUT2D eigenvalue weighted by Crippen LogP contribution is -2.64. The van der Waals surface area contributed by atoms with Crippen LogP contribution in [0.15, 0.2) is 64.1 Å². The summed E-state index contributed by atoms with van der Waals surface area (Å²) in [5, 5.41) is 0. The third-order valence-electron chi connectivity index (χ3n) is 9.05. The fourth-order valence-corrected chi connectivity index (χ4v) is 7.39. The standard InChI is InChI=1S/C30H37BrN4O/c1-22-20-30(15-17-33(22)21-24-10-5-11-24)28(32-29(36)35(30)27-13-6-12-25(31)19-27)34-16-7-14-26(34)18-23-8-3-2-4-9-23/h2-4,6,8-9,12-13,19,22,24,26H,5,7,10-11,14-18,20-21H2,1H3/t22-,26?,30+/m0/s1. The quantitative estimate of drug-likeness (QED) is 0.427. The zero-order chi connectivity index (χ0) is 24.7. The molecular weight excluding hydrogens is 512 g/mol. The molecular formula is C30H37BrN4O. The van der Waals surface area contributed by atoms with Gasteiger partial charge in [0.25, 0.3) is 0 Å². The molecule has 1 unspecified atom stereocenters. The van der Waals surface area contributed by atoms with E-state index in [1.54, 1.807) is 0 Å². The molecule has 0 bridgehead atoms. The van der Waals surface area contributed by atoms with Crippen LogP contribution in [0.25, 0.3) is 0 Å². The Morgan fingerprint density at radius 3 is 2.58 bits per heavy atom. The van der Waals surface area contributed by atoms with E-state index in [-0.39, 0.29) is 11.6 Å². The molecule has 190 valence electrons. The molecule has 3 fully saturated rings. The maximum Gasteiger partial charge on any atom is 0.350 e. The molecule has 5 nitrogen and oxygen atoms in total. The molecule has 2 saturated heterocycles. The van der Waals surface area contributed by atoms with E-state index in [2.05, 4.69) is 75.1 Å². The average molecular weight is 550 g/mol. The van der Waals surface area contributed by atoms with Crippen LogP contribution in [-0.2, 0) is 6.42 Å². The van der Waals surface area contributed by atoms with E-state index in [1.807, 2.05) is 17.0 Å². The lowest BCUT2D eigenvalue weighted by atomic mass is 9.78. The van der Waals surface area contributed by atoms with E-state index in [0.717, 1.165) is 67.1 Å². The monoisotopic (exact) mass is 548 g/mol. The minimum absolute atomic E-state index is 0.104. The van der Waals surface area contributed by atoms with Crippen molar-refractivity contribution in [3.8, 4) is 0 Å². The predicted octanol–water partition coefficient (Wildman–Crippen LogP) is 6.52. The van der Waals surface area contributed by atoms with Crippen LogP contribution in [0.1, 0.15) is 57.4 Å². The summed E-state index contributed by atoms with van der Waals surface area (Å²) in [5.74, 6) is 1.89. The normalized spacial score (nSPS) is 29.2. The minimum Gasteiger partial charge on any atom is -0.355 e. The molecule has 3 atom stereocenters. The zero-order valence-corrected chi connectivity index (χ0v) is 22.9. The summed E-state index contributed by atoms with van der Waals surface area (Å²) in [6, 6.07) is 19.7. The van der Waals surface area contributed by atoms with Crippen molar-refractivity contribution in [2.24, 2.45) is 10.9 Å². The Kier molecular flexibility index (Phi) is 6.67. The molecule has 6 rings (SSSR count). The van der Waals surface area contributed by atoms with Gasteiger partial charge in [0.05, 0.1) is 0 Å². The largest absolute Gasteiger partial charge is 0.355 e. The second-order valence-corrected chi connectivity index (χ2v) is 12.3. The maximum atomic E-state index is 13.7. The summed E-state index contributed by atoms with van der Waals surface area (Å²) in [7, 11) is 0. The highest BCUT2D eigenvalue weighted by Crippen LogP contribution is 2.44. The summed E-state index contributed by atoms with van der Waals surface area (Å²) in [5.41, 5.74) is 1.93. The Morgan fingerprint density at radius 1 is 1.03 bits per heavy atom. The molecule has 4 aliphatic rings. The van der Waals surface area contributed by atoms with Gasteiger partial charge in [-0.3, -0.25) is 4.90 Å². The van der Waals surface area contributed by atoms with E-state index < -0.39 is 0 Å². The molecule has 36 heavy (non-hydrogen) atoms. The van der Waals surface area contributed by atoms with Crippen LogP contribution in [0.4, 0.5) is 10.5 Å². The number of anilines is 1. The van der Waals surface area contributed by atoms with Crippen LogP contribution in [0, 0.1) is 5.92 Å². The molecule has 1 aliphatic carbocycles. The van der Waals surface area contributed by atoms with Gasteiger partial charge in [-0.2, -0.15) is 4.99 Å². The number of amides is 2. The number of rotatable bonds is 5. The van der Waals surface area contributed by atoms with Crippen LogP contribution < -0.4 is 4.90 Å². The topological polar surface area (TPSA) is 39.1 Å². The van der Waals surface area contributed by atoms with Crippen molar-refractivity contribution in [3.05, 3.63) is 64.6 Å². The van der Waals surface area contributed by atoms with Crippen LogP contribution in [0.3, 0.4) is 0 Å². The van der Waals surface area contributed by atoms with Gasteiger partial charge in [-0.1, -0.05) is 58.7 Å². The fraction of sp³-hybridized carbons (Fsp3) is 0.533. The number of amidine groups is 1. The van der Waals surface area contributed by atoms with E-state index in [4.69, 9.17) is 4.99 Å². The number of carbonyl (C=O) groups is 1. The first-order chi connectivity index (χ1) is 17.5. The van der Waals surface area contributed by atoms with Gasteiger partial charge in [0, 0.05) is 41.9 Å². The van der Waals surface area contributed by atoms with Gasteiger partial charge in [-0.15, -0.1) is 0 Å². The molecule has 0 radical (unpaired) electrons. The Bertz CT molecular complexity index is 1130. The third kappa shape index (κ3) is 4.41. The molecule has 2 amide bonds. The molecule has 0 aromatic heterocycles. The first kappa shape index (κ1) is 24.2. The number of carbonyl (C=O) groups excluding carboxylic acids is 1. The van der Waals surface area contributed by atoms with Crippen molar-refractivity contribution in [1.82, 2.24) is 9.80 Å². The molecule has 6 heteroatoms. The highest BCUT2D eigenvalue weighted by atomic mass is 79.9. The number of benzene rings is 2. The smallest absolute Gasteiger partial charge is 0.350 e. The van der Waals surface area contributed by atoms with E-state index in [1.165, 1.54) is 31.4 Å². The molecule has 3 aliphatic heterocycles. The lowest BCUT2D eigenvalue weighted by molar-refractivity contribution is 0.0875. The van der Waals surface area contributed by atoms with Gasteiger partial charge in [-0.25, -0.2) is 4.79 Å². The van der Waals surface area contributed by atoms with Gasteiger partial charge >= 0.3 is 6.03 Å². The number of halogens is 1. The number of hydrogen-bond acceptors (Lipinski definition) is 3. The van der Waals surface area contributed by atoms with Crippen LogP contribution in [0.5, 0.6) is 0 Å². The number of likely N-dealkylation sites (tertiary alicyclic amines) is 2. The summed E-state index contributed by atoms with van der Waals surface area (Å²) in [6.45, 7) is 5.57. The maximum absolute atomic E-state index is 13.7. The molecule has 2 aromatic rings. The number of aliphatic imine (C=N–C) groups is 1. The number of piperidine rings is 1. The lowest BCUT2D eigenvalue weighted by Gasteiger charge is -2.51. The summed E-state index contributed by atoms with van der Waals surface area (Å²) in [6.07, 6.45) is 9.32. The van der Waals surface area contributed by atoms with Crippen molar-refractivity contribution >= 4 is 33.5 Å². The SMILES string of the molecule is C[C@H]1C[C@]2(CCN1CC1CCC1)C(N1CCCC1Cc1ccccc1)=NC(=O)N2c1cccc(Br)c1. The van der Waals surface area contributed by atoms with Gasteiger partial charge in [0.1, 0.15) is 11.4 Å². The molecule has 1 spiro atoms. The summed E-state index contributed by atoms with van der Waals surface area (Å²) in [4.78, 5) is 25.8. The van der Waals surface area contributed by atoms with Crippen LogP contribution >= 0.6 is 15.9 Å². The zero-order valence-electron chi connectivity index (χ0n) is 21.3. The minimum atomic E-state index is -0.382. The summed E-state index contributed by atoms with van der Waals surface area (Å²) >= 11 is 3.64. The highest BCUT2D eigenvalue weighted by Gasteiger charge is 2.56. The highest BCUT2D eigenvalue weighted by molar-refractivity contribution is 9.10. The predicted molar refractivity (Wildman–Crippen MR) is 150 cm³/mol. The second-order valence-electron chi connectivity index (χ2n) is 11.3. The Morgan fingerprint density at radius 2 is 1.86 bits per heavy atom. The van der Waals surface area contributed by atoms with Gasteiger partial charge in [-0.05, 0) is 81.5 Å². The van der Waals surface area contributed by atoms with E-state index in [9.17, 15) is 4.79 Å². The average Bonchev–Trinajstić information content (AvgIpc) is 3.39. The molecule has 3 heterocycles. The van der Waals surface area contributed by atoms with Crippen molar-refractivity contribution in [3.63, 3.8) is 0 Å². The molecule has 0 N–H and O–H groups in total. The van der Waals surface area contributed by atoms with Crippen LogP contribution in [-0.4, -0.2) is 58.9 Å². The van der Waals surface area contributed by atoms with Crippen molar-refractivity contribution in [2.45, 2.75) is 75.9 Å². The third-order valence-corrected chi connectivity index (χ3v) is 9.55. The Balaban J connectivity index is 1.33. The molecule has 2 aromatic carbocycles. The second kappa shape index (κ2) is 9.94. The summed E-state index contributed by atoms with van der Waals surface area (Å²) < 4.78 is 0.995. The van der Waals surface area contributed by atoms with Gasteiger partial charge in [0.15, 0.2) is 0 Å². The van der Waals surface area contributed by atoms with Crippen molar-refractivity contribution in [2.75, 3.05) is 24.5 Å². The molecule has 1 saturated carbocycles. The first-order valence-electron chi connectivity index (χ1n) is 13.8. The fourth-order valence-electron chi connectivity index (χ4n) is 7.00. The first-order valence-corrected chi connectivity index (χ1v) is 14.6.